The lowest BCUT2D eigenvalue weighted by Crippen LogP contribution is -2.31. The van der Waals surface area contributed by atoms with Gasteiger partial charge in [0, 0.05) is 25.3 Å². The molecule has 1 amide bonds. The van der Waals surface area contributed by atoms with Crippen molar-refractivity contribution in [2.24, 2.45) is 0 Å². The summed E-state index contributed by atoms with van der Waals surface area (Å²) in [5.41, 5.74) is 0.641. The molecule has 0 radical (unpaired) electrons. The molecule has 2 fully saturated rings. The largest absolute Gasteiger partial charge is 0.491 e. The Morgan fingerprint density at radius 1 is 1.09 bits per heavy atom. The number of benzene rings is 1. The second-order valence-electron chi connectivity index (χ2n) is 5.82. The number of hydrogen-bond acceptors (Lipinski definition) is 4. The standard InChI is InChI=1S/C17H23NO4/c19-17(18-11-15-3-1-9-20-15)13-5-7-14(8-6-13)22-12-16-4-2-10-21-16/h5-8,15-16H,1-4,9-12H2,(H,18,19). The Morgan fingerprint density at radius 2 is 1.77 bits per heavy atom. The molecule has 2 saturated heterocycles. The summed E-state index contributed by atoms with van der Waals surface area (Å²) in [6.45, 7) is 2.79. The number of hydrogen-bond donors (Lipinski definition) is 1. The van der Waals surface area contributed by atoms with Gasteiger partial charge in [-0.3, -0.25) is 4.79 Å². The van der Waals surface area contributed by atoms with Crippen LogP contribution in [0.15, 0.2) is 24.3 Å². The van der Waals surface area contributed by atoms with Crippen molar-refractivity contribution in [2.75, 3.05) is 26.4 Å². The lowest BCUT2D eigenvalue weighted by molar-refractivity contribution is 0.0679. The maximum absolute atomic E-state index is 12.1. The zero-order valence-corrected chi connectivity index (χ0v) is 12.8. The van der Waals surface area contributed by atoms with Gasteiger partial charge in [0.15, 0.2) is 0 Å². The minimum atomic E-state index is -0.0684. The van der Waals surface area contributed by atoms with Crippen LogP contribution in [-0.2, 0) is 9.47 Å². The summed E-state index contributed by atoms with van der Waals surface area (Å²) in [6, 6.07) is 7.23. The Labute approximate surface area is 130 Å². The molecule has 22 heavy (non-hydrogen) atoms. The Balaban J connectivity index is 1.44. The SMILES string of the molecule is O=C(NCC1CCCO1)c1ccc(OCC2CCCO2)cc1. The molecule has 3 rings (SSSR count). The fourth-order valence-electron chi connectivity index (χ4n) is 2.78. The zero-order valence-electron chi connectivity index (χ0n) is 12.8. The van der Waals surface area contributed by atoms with Gasteiger partial charge in [0.1, 0.15) is 12.4 Å². The van der Waals surface area contributed by atoms with Crippen molar-refractivity contribution in [3.8, 4) is 5.75 Å². The van der Waals surface area contributed by atoms with E-state index in [1.165, 1.54) is 0 Å². The molecule has 0 saturated carbocycles. The van der Waals surface area contributed by atoms with Gasteiger partial charge in [-0.1, -0.05) is 0 Å². The van der Waals surface area contributed by atoms with Gasteiger partial charge in [0.2, 0.25) is 0 Å². The summed E-state index contributed by atoms with van der Waals surface area (Å²) in [7, 11) is 0. The van der Waals surface area contributed by atoms with Crippen molar-refractivity contribution in [2.45, 2.75) is 37.9 Å². The minimum absolute atomic E-state index is 0.0684. The highest BCUT2D eigenvalue weighted by Crippen LogP contribution is 2.17. The van der Waals surface area contributed by atoms with Crippen LogP contribution in [0.3, 0.4) is 0 Å². The number of amides is 1. The maximum Gasteiger partial charge on any atom is 0.251 e. The van der Waals surface area contributed by atoms with E-state index < -0.39 is 0 Å². The van der Waals surface area contributed by atoms with Crippen LogP contribution in [0.25, 0.3) is 0 Å². The highest BCUT2D eigenvalue weighted by molar-refractivity contribution is 5.94. The van der Waals surface area contributed by atoms with Crippen LogP contribution in [0.4, 0.5) is 0 Å². The number of nitrogens with one attached hydrogen (secondary N) is 1. The Bertz CT molecular complexity index is 476. The van der Waals surface area contributed by atoms with Crippen LogP contribution in [0, 0.1) is 0 Å². The number of ether oxygens (including phenoxy) is 3. The van der Waals surface area contributed by atoms with E-state index in [1.54, 1.807) is 12.1 Å². The maximum atomic E-state index is 12.1. The summed E-state index contributed by atoms with van der Waals surface area (Å²) in [6.07, 6.45) is 4.64. The average Bonchev–Trinajstić information content (AvgIpc) is 3.24. The predicted octanol–water partition coefficient (Wildman–Crippen LogP) is 2.15. The van der Waals surface area contributed by atoms with Crippen molar-refractivity contribution >= 4 is 5.91 Å². The fourth-order valence-corrected chi connectivity index (χ4v) is 2.78. The Kier molecular flexibility index (Phi) is 5.29. The van der Waals surface area contributed by atoms with Gasteiger partial charge in [-0.2, -0.15) is 0 Å². The van der Waals surface area contributed by atoms with Gasteiger partial charge in [-0.25, -0.2) is 0 Å². The van der Waals surface area contributed by atoms with Crippen LogP contribution >= 0.6 is 0 Å². The summed E-state index contributed by atoms with van der Waals surface area (Å²) in [5, 5.41) is 2.91. The van der Waals surface area contributed by atoms with Gasteiger partial charge in [-0.15, -0.1) is 0 Å². The Morgan fingerprint density at radius 3 is 2.41 bits per heavy atom. The van der Waals surface area contributed by atoms with Crippen LogP contribution in [0.1, 0.15) is 36.0 Å². The first-order valence-corrected chi connectivity index (χ1v) is 8.05. The topological polar surface area (TPSA) is 56.8 Å². The first-order chi connectivity index (χ1) is 10.8. The average molecular weight is 305 g/mol. The van der Waals surface area contributed by atoms with Gasteiger partial charge < -0.3 is 19.5 Å². The normalized spacial score (nSPS) is 24.4. The van der Waals surface area contributed by atoms with Crippen molar-refractivity contribution in [3.63, 3.8) is 0 Å². The van der Waals surface area contributed by atoms with Crippen LogP contribution < -0.4 is 10.1 Å². The molecule has 5 heteroatoms. The molecular weight excluding hydrogens is 282 g/mol. The molecule has 1 N–H and O–H groups in total. The first kappa shape index (κ1) is 15.3. The Hall–Kier alpha value is -1.59. The second-order valence-corrected chi connectivity index (χ2v) is 5.82. The molecule has 2 atom stereocenters. The number of carbonyl (C=O) groups excluding carboxylic acids is 1. The minimum Gasteiger partial charge on any atom is -0.491 e. The van der Waals surface area contributed by atoms with Gasteiger partial charge in [-0.05, 0) is 49.9 Å². The molecule has 0 aromatic heterocycles. The smallest absolute Gasteiger partial charge is 0.251 e. The van der Waals surface area contributed by atoms with Gasteiger partial charge in [0.05, 0.1) is 12.2 Å². The molecule has 2 unspecified atom stereocenters. The van der Waals surface area contributed by atoms with Crippen molar-refractivity contribution in [1.29, 1.82) is 0 Å². The molecule has 1 aromatic rings. The third-order valence-electron chi connectivity index (χ3n) is 4.09. The molecule has 5 nitrogen and oxygen atoms in total. The summed E-state index contributed by atoms with van der Waals surface area (Å²) >= 11 is 0. The third-order valence-corrected chi connectivity index (χ3v) is 4.09. The summed E-state index contributed by atoms with van der Waals surface area (Å²) < 4.78 is 16.7. The van der Waals surface area contributed by atoms with E-state index in [0.29, 0.717) is 18.7 Å². The first-order valence-electron chi connectivity index (χ1n) is 8.05. The molecule has 120 valence electrons. The van der Waals surface area contributed by atoms with E-state index in [1.807, 2.05) is 12.1 Å². The van der Waals surface area contributed by atoms with E-state index in [9.17, 15) is 4.79 Å². The van der Waals surface area contributed by atoms with E-state index in [4.69, 9.17) is 14.2 Å². The second kappa shape index (κ2) is 7.61. The molecule has 0 aliphatic carbocycles. The van der Waals surface area contributed by atoms with E-state index in [0.717, 1.165) is 44.6 Å². The molecular formula is C17H23NO4. The molecule has 2 heterocycles. The molecule has 0 bridgehead atoms. The molecule has 0 spiro atoms. The van der Waals surface area contributed by atoms with Crippen LogP contribution in [0.5, 0.6) is 5.75 Å². The van der Waals surface area contributed by atoms with Crippen molar-refractivity contribution in [3.05, 3.63) is 29.8 Å². The quantitative estimate of drug-likeness (QED) is 0.875. The van der Waals surface area contributed by atoms with E-state index in [-0.39, 0.29) is 18.1 Å². The zero-order chi connectivity index (χ0) is 15.2. The van der Waals surface area contributed by atoms with E-state index in [2.05, 4.69) is 5.32 Å². The number of rotatable bonds is 6. The molecule has 2 aliphatic rings. The summed E-state index contributed by atoms with van der Waals surface area (Å²) in [4.78, 5) is 12.1. The van der Waals surface area contributed by atoms with Crippen LogP contribution in [0.2, 0.25) is 0 Å². The molecule has 2 aliphatic heterocycles. The van der Waals surface area contributed by atoms with Crippen molar-refractivity contribution < 1.29 is 19.0 Å². The third kappa shape index (κ3) is 4.21. The van der Waals surface area contributed by atoms with Crippen molar-refractivity contribution in [1.82, 2.24) is 5.32 Å². The van der Waals surface area contributed by atoms with Crippen LogP contribution in [-0.4, -0.2) is 44.5 Å². The lowest BCUT2D eigenvalue weighted by Gasteiger charge is -2.12. The number of carbonyl (C=O) groups is 1. The lowest BCUT2D eigenvalue weighted by atomic mass is 10.2. The fraction of sp³-hybridized carbons (Fsp3) is 0.588. The van der Waals surface area contributed by atoms with Gasteiger partial charge >= 0.3 is 0 Å². The predicted molar refractivity (Wildman–Crippen MR) is 82.2 cm³/mol. The summed E-state index contributed by atoms with van der Waals surface area (Å²) in [5.74, 6) is 0.701. The monoisotopic (exact) mass is 305 g/mol. The van der Waals surface area contributed by atoms with E-state index >= 15 is 0 Å². The molecule has 1 aromatic carbocycles. The highest BCUT2D eigenvalue weighted by atomic mass is 16.5. The highest BCUT2D eigenvalue weighted by Gasteiger charge is 2.17. The van der Waals surface area contributed by atoms with Gasteiger partial charge in [0.25, 0.3) is 5.91 Å².